The molecule has 5 nitrogen and oxygen atoms in total. The van der Waals surface area contributed by atoms with Crippen LogP contribution in [0.2, 0.25) is 0 Å². The summed E-state index contributed by atoms with van der Waals surface area (Å²) in [6.07, 6.45) is 0. The quantitative estimate of drug-likeness (QED) is 0.890. The maximum Gasteiger partial charge on any atom is 0.311 e. The molecule has 2 rings (SSSR count). The Balaban J connectivity index is 2.14. The molecule has 1 aliphatic heterocycles. The molecule has 18 heavy (non-hydrogen) atoms. The van der Waals surface area contributed by atoms with E-state index >= 15 is 0 Å². The van der Waals surface area contributed by atoms with Crippen molar-refractivity contribution in [1.29, 1.82) is 5.26 Å². The monoisotopic (exact) mass is 310 g/mol. The van der Waals surface area contributed by atoms with Gasteiger partial charge in [0.15, 0.2) is 0 Å². The van der Waals surface area contributed by atoms with Gasteiger partial charge in [-0.25, -0.2) is 0 Å². The lowest BCUT2D eigenvalue weighted by molar-refractivity contribution is -0.141. The number of hydrogen-bond acceptors (Lipinski definition) is 4. The fourth-order valence-electron chi connectivity index (χ4n) is 1.84. The van der Waals surface area contributed by atoms with Crippen molar-refractivity contribution in [1.82, 2.24) is 0 Å². The summed E-state index contributed by atoms with van der Waals surface area (Å²) in [7, 11) is 0. The number of anilines is 1. The molecule has 2 unspecified atom stereocenters. The second kappa shape index (κ2) is 5.38. The maximum absolute atomic E-state index is 11.0. The molecule has 2 atom stereocenters. The van der Waals surface area contributed by atoms with E-state index in [4.69, 9.17) is 15.1 Å². The standard InChI is InChI=1S/C12H11BrN2O3/c13-9-3-7(4-14)1-2-10(9)15-11-6-18-5-8(11)12(16)17/h1-3,8,11,15H,5-6H2,(H,16,17). The number of hydrogen-bond donors (Lipinski definition) is 2. The van der Waals surface area contributed by atoms with Crippen molar-refractivity contribution < 1.29 is 14.6 Å². The molecule has 0 aliphatic carbocycles. The summed E-state index contributed by atoms with van der Waals surface area (Å²) in [5.41, 5.74) is 1.31. The number of carboxylic acid groups (broad SMARTS) is 1. The van der Waals surface area contributed by atoms with Crippen LogP contribution in [0.1, 0.15) is 5.56 Å². The van der Waals surface area contributed by atoms with Gasteiger partial charge < -0.3 is 15.2 Å². The van der Waals surface area contributed by atoms with E-state index in [2.05, 4.69) is 21.2 Å². The molecule has 1 aromatic carbocycles. The minimum atomic E-state index is -0.866. The van der Waals surface area contributed by atoms with Crippen molar-refractivity contribution in [3.8, 4) is 6.07 Å². The molecule has 0 saturated carbocycles. The number of nitrogens with one attached hydrogen (secondary N) is 1. The van der Waals surface area contributed by atoms with Crippen LogP contribution >= 0.6 is 15.9 Å². The lowest BCUT2D eigenvalue weighted by Crippen LogP contribution is -2.33. The third kappa shape index (κ3) is 2.63. The molecule has 0 amide bonds. The number of carboxylic acids is 1. The number of nitrogens with zero attached hydrogens (tertiary/aromatic N) is 1. The van der Waals surface area contributed by atoms with Gasteiger partial charge in [-0.3, -0.25) is 4.79 Å². The van der Waals surface area contributed by atoms with Gasteiger partial charge >= 0.3 is 5.97 Å². The largest absolute Gasteiger partial charge is 0.481 e. The molecular weight excluding hydrogens is 300 g/mol. The second-order valence-electron chi connectivity index (χ2n) is 4.04. The summed E-state index contributed by atoms with van der Waals surface area (Å²) >= 11 is 3.35. The molecule has 1 saturated heterocycles. The van der Waals surface area contributed by atoms with Crippen LogP contribution < -0.4 is 5.32 Å². The molecule has 0 spiro atoms. The minimum Gasteiger partial charge on any atom is -0.481 e. The van der Waals surface area contributed by atoms with Crippen LogP contribution in [0.25, 0.3) is 0 Å². The number of rotatable bonds is 3. The van der Waals surface area contributed by atoms with Gasteiger partial charge in [-0.1, -0.05) is 0 Å². The molecule has 1 fully saturated rings. The summed E-state index contributed by atoms with van der Waals surface area (Å²) in [6, 6.07) is 6.90. The molecule has 6 heteroatoms. The number of ether oxygens (including phenoxy) is 1. The lowest BCUT2D eigenvalue weighted by Gasteiger charge is -2.18. The van der Waals surface area contributed by atoms with Crippen molar-refractivity contribution in [2.45, 2.75) is 6.04 Å². The van der Waals surface area contributed by atoms with E-state index < -0.39 is 11.9 Å². The summed E-state index contributed by atoms with van der Waals surface area (Å²) in [5, 5.41) is 20.9. The van der Waals surface area contributed by atoms with Gasteiger partial charge in [0.05, 0.1) is 30.9 Å². The summed E-state index contributed by atoms with van der Waals surface area (Å²) in [4.78, 5) is 11.0. The molecule has 1 aromatic rings. The number of benzene rings is 1. The highest BCUT2D eigenvalue weighted by atomic mass is 79.9. The fourth-order valence-corrected chi connectivity index (χ4v) is 2.33. The van der Waals surface area contributed by atoms with E-state index in [-0.39, 0.29) is 12.6 Å². The molecule has 0 aromatic heterocycles. The molecular formula is C12H11BrN2O3. The number of halogens is 1. The minimum absolute atomic E-state index is 0.223. The lowest BCUT2D eigenvalue weighted by atomic mass is 10.0. The average molecular weight is 311 g/mol. The van der Waals surface area contributed by atoms with Crippen LogP contribution in [0.4, 0.5) is 5.69 Å². The zero-order chi connectivity index (χ0) is 13.1. The zero-order valence-corrected chi connectivity index (χ0v) is 11.0. The van der Waals surface area contributed by atoms with Crippen LogP contribution in [0.5, 0.6) is 0 Å². The van der Waals surface area contributed by atoms with Crippen LogP contribution in [0.15, 0.2) is 22.7 Å². The van der Waals surface area contributed by atoms with E-state index in [0.717, 1.165) is 10.2 Å². The summed E-state index contributed by atoms with van der Waals surface area (Å²) in [5.74, 6) is -1.41. The zero-order valence-electron chi connectivity index (χ0n) is 9.39. The maximum atomic E-state index is 11.0. The Morgan fingerprint density at radius 2 is 2.33 bits per heavy atom. The van der Waals surface area contributed by atoms with Crippen molar-refractivity contribution in [2.75, 3.05) is 18.5 Å². The number of carbonyl (C=O) groups is 1. The molecule has 1 aliphatic rings. The van der Waals surface area contributed by atoms with E-state index in [0.29, 0.717) is 12.2 Å². The molecule has 0 radical (unpaired) electrons. The van der Waals surface area contributed by atoms with Gasteiger partial charge in [-0.15, -0.1) is 0 Å². The third-order valence-electron chi connectivity index (χ3n) is 2.84. The number of aliphatic carboxylic acids is 1. The van der Waals surface area contributed by atoms with Crippen molar-refractivity contribution in [2.24, 2.45) is 5.92 Å². The summed E-state index contributed by atoms with van der Waals surface area (Å²) < 4.78 is 5.91. The number of nitriles is 1. The first-order valence-corrected chi connectivity index (χ1v) is 6.18. The Bertz CT molecular complexity index is 513. The van der Waals surface area contributed by atoms with E-state index in [1.54, 1.807) is 18.2 Å². The Kier molecular flexibility index (Phi) is 3.84. The van der Waals surface area contributed by atoms with Gasteiger partial charge in [0, 0.05) is 10.2 Å². The highest BCUT2D eigenvalue weighted by Crippen LogP contribution is 2.27. The predicted molar refractivity (Wildman–Crippen MR) is 68.2 cm³/mol. The highest BCUT2D eigenvalue weighted by Gasteiger charge is 2.34. The topological polar surface area (TPSA) is 82.3 Å². The van der Waals surface area contributed by atoms with Gasteiger partial charge in [-0.2, -0.15) is 5.26 Å². The summed E-state index contributed by atoms with van der Waals surface area (Å²) in [6.45, 7) is 0.588. The first-order valence-electron chi connectivity index (χ1n) is 5.38. The SMILES string of the molecule is N#Cc1ccc(NC2COCC2C(=O)O)c(Br)c1. The van der Waals surface area contributed by atoms with Crippen LogP contribution in [0.3, 0.4) is 0 Å². The van der Waals surface area contributed by atoms with Gasteiger partial charge in [0.2, 0.25) is 0 Å². The molecule has 1 heterocycles. The predicted octanol–water partition coefficient (Wildman–Crippen LogP) is 1.83. The molecule has 2 N–H and O–H groups in total. The molecule has 0 bridgehead atoms. The second-order valence-corrected chi connectivity index (χ2v) is 4.89. The smallest absolute Gasteiger partial charge is 0.311 e. The van der Waals surface area contributed by atoms with Gasteiger partial charge in [0.25, 0.3) is 0 Å². The van der Waals surface area contributed by atoms with Crippen LogP contribution in [-0.4, -0.2) is 30.3 Å². The van der Waals surface area contributed by atoms with Crippen molar-refractivity contribution in [3.05, 3.63) is 28.2 Å². The normalized spacial score (nSPS) is 22.4. The third-order valence-corrected chi connectivity index (χ3v) is 3.49. The fraction of sp³-hybridized carbons (Fsp3) is 0.333. The van der Waals surface area contributed by atoms with Crippen LogP contribution in [0, 0.1) is 17.2 Å². The van der Waals surface area contributed by atoms with E-state index in [1.165, 1.54) is 0 Å². The molecule has 94 valence electrons. The van der Waals surface area contributed by atoms with Gasteiger partial charge in [-0.05, 0) is 34.1 Å². The first-order chi connectivity index (χ1) is 8.61. The highest BCUT2D eigenvalue weighted by molar-refractivity contribution is 9.10. The van der Waals surface area contributed by atoms with E-state index in [9.17, 15) is 4.79 Å². The van der Waals surface area contributed by atoms with Crippen molar-refractivity contribution >= 4 is 27.6 Å². The van der Waals surface area contributed by atoms with Crippen LogP contribution in [-0.2, 0) is 9.53 Å². The first kappa shape index (κ1) is 12.9. The average Bonchev–Trinajstić information content (AvgIpc) is 2.80. The van der Waals surface area contributed by atoms with E-state index in [1.807, 2.05) is 6.07 Å². The Morgan fingerprint density at radius 1 is 1.56 bits per heavy atom. The Hall–Kier alpha value is -1.58. The van der Waals surface area contributed by atoms with Gasteiger partial charge in [0.1, 0.15) is 5.92 Å². The van der Waals surface area contributed by atoms with Crippen molar-refractivity contribution in [3.63, 3.8) is 0 Å². The Morgan fingerprint density at radius 3 is 2.94 bits per heavy atom. The Labute approximate surface area is 112 Å².